The molecule has 2 aromatic carbocycles. The minimum Gasteiger partial charge on any atom is -0.241 e. The lowest BCUT2D eigenvalue weighted by molar-refractivity contribution is 1.35. The van der Waals surface area contributed by atoms with Crippen LogP contribution in [0.2, 0.25) is 0 Å². The summed E-state index contributed by atoms with van der Waals surface area (Å²) in [7, 11) is 0. The highest BCUT2D eigenvalue weighted by Gasteiger charge is 2.09. The lowest BCUT2D eigenvalue weighted by Gasteiger charge is -1.92. The van der Waals surface area contributed by atoms with Gasteiger partial charge in [-0.25, -0.2) is 9.97 Å². The molecular formula is C15H10N2S2. The fourth-order valence-electron chi connectivity index (χ4n) is 2.17. The number of rotatable bonds is 1. The van der Waals surface area contributed by atoms with Crippen molar-refractivity contribution in [2.45, 2.75) is 6.92 Å². The molecule has 2 aromatic heterocycles. The van der Waals surface area contributed by atoms with Gasteiger partial charge in [-0.15, -0.1) is 22.7 Å². The second-order valence-electron chi connectivity index (χ2n) is 4.41. The molecule has 0 unspecified atom stereocenters. The van der Waals surface area contributed by atoms with E-state index in [1.807, 2.05) is 25.1 Å². The summed E-state index contributed by atoms with van der Waals surface area (Å²) in [5.41, 5.74) is 3.33. The fourth-order valence-corrected chi connectivity index (χ4v) is 4.00. The van der Waals surface area contributed by atoms with Crippen molar-refractivity contribution in [2.24, 2.45) is 0 Å². The van der Waals surface area contributed by atoms with E-state index in [4.69, 9.17) is 4.98 Å². The van der Waals surface area contributed by atoms with E-state index >= 15 is 0 Å². The van der Waals surface area contributed by atoms with Crippen molar-refractivity contribution < 1.29 is 0 Å². The van der Waals surface area contributed by atoms with E-state index in [9.17, 15) is 0 Å². The van der Waals surface area contributed by atoms with Crippen molar-refractivity contribution in [3.63, 3.8) is 0 Å². The van der Waals surface area contributed by atoms with Gasteiger partial charge < -0.3 is 0 Å². The number of fused-ring (bicyclic) bond motifs is 2. The zero-order chi connectivity index (χ0) is 12.8. The third-order valence-electron chi connectivity index (χ3n) is 3.03. The van der Waals surface area contributed by atoms with Gasteiger partial charge in [0.05, 0.1) is 25.4 Å². The number of nitrogens with zero attached hydrogens (tertiary/aromatic N) is 2. The van der Waals surface area contributed by atoms with Crippen LogP contribution in [0.4, 0.5) is 0 Å². The van der Waals surface area contributed by atoms with Gasteiger partial charge in [-0.05, 0) is 19.1 Å². The molecular weight excluding hydrogens is 272 g/mol. The normalized spacial score (nSPS) is 11.4. The summed E-state index contributed by atoms with van der Waals surface area (Å²) in [5, 5.41) is 2.18. The number of aromatic nitrogens is 2. The Bertz CT molecular complexity index is 824. The Balaban J connectivity index is 1.96. The highest BCUT2D eigenvalue weighted by molar-refractivity contribution is 7.22. The number of thiazole rings is 2. The van der Waals surface area contributed by atoms with E-state index < -0.39 is 0 Å². The Morgan fingerprint density at radius 2 is 1.53 bits per heavy atom. The first-order valence-electron chi connectivity index (χ1n) is 6.03. The van der Waals surface area contributed by atoms with Gasteiger partial charge in [0, 0.05) is 5.56 Å². The maximum absolute atomic E-state index is 4.74. The molecule has 0 aliphatic rings. The van der Waals surface area contributed by atoms with Crippen LogP contribution in [-0.2, 0) is 0 Å². The summed E-state index contributed by atoms with van der Waals surface area (Å²) in [6.07, 6.45) is 0. The van der Waals surface area contributed by atoms with Gasteiger partial charge in [0.15, 0.2) is 0 Å². The zero-order valence-electron chi connectivity index (χ0n) is 10.3. The highest BCUT2D eigenvalue weighted by atomic mass is 32.1. The second kappa shape index (κ2) is 4.11. The van der Waals surface area contributed by atoms with E-state index in [1.54, 1.807) is 22.7 Å². The van der Waals surface area contributed by atoms with Crippen LogP contribution in [0, 0.1) is 6.92 Å². The quantitative estimate of drug-likeness (QED) is 0.497. The Morgan fingerprint density at radius 1 is 0.842 bits per heavy atom. The minimum atomic E-state index is 1.07. The molecule has 0 aliphatic heterocycles. The predicted molar refractivity (Wildman–Crippen MR) is 83.0 cm³/mol. The average molecular weight is 282 g/mol. The van der Waals surface area contributed by atoms with E-state index in [0.717, 1.165) is 21.0 Å². The van der Waals surface area contributed by atoms with Crippen molar-refractivity contribution >= 4 is 43.1 Å². The van der Waals surface area contributed by atoms with Crippen molar-refractivity contribution in [3.8, 4) is 10.6 Å². The third-order valence-corrected chi connectivity index (χ3v) is 5.03. The predicted octanol–water partition coefficient (Wildman–Crippen LogP) is 4.88. The Hall–Kier alpha value is -1.78. The van der Waals surface area contributed by atoms with E-state index in [-0.39, 0.29) is 0 Å². The van der Waals surface area contributed by atoms with Crippen LogP contribution in [0.25, 0.3) is 31.0 Å². The molecule has 4 aromatic rings. The summed E-state index contributed by atoms with van der Waals surface area (Å²) in [4.78, 5) is 9.28. The van der Waals surface area contributed by atoms with Gasteiger partial charge in [-0.3, -0.25) is 0 Å². The van der Waals surface area contributed by atoms with E-state index in [1.165, 1.54) is 15.0 Å². The standard InChI is InChI=1S/C15H10N2S2/c1-9-16-11-7-14-12(8-13(11)18-9)17-15(19-14)10-5-3-2-4-6-10/h2-8H,1H3. The first-order chi connectivity index (χ1) is 9.29. The SMILES string of the molecule is Cc1nc2cc3sc(-c4ccccc4)nc3cc2s1. The molecule has 0 atom stereocenters. The van der Waals surface area contributed by atoms with Crippen LogP contribution in [0.5, 0.6) is 0 Å². The van der Waals surface area contributed by atoms with Crippen molar-refractivity contribution in [1.29, 1.82) is 0 Å². The lowest BCUT2D eigenvalue weighted by atomic mass is 10.2. The van der Waals surface area contributed by atoms with Crippen LogP contribution >= 0.6 is 22.7 Å². The molecule has 0 saturated carbocycles. The third kappa shape index (κ3) is 1.84. The molecule has 0 bridgehead atoms. The van der Waals surface area contributed by atoms with Crippen molar-refractivity contribution in [2.75, 3.05) is 0 Å². The Morgan fingerprint density at radius 3 is 2.32 bits per heavy atom. The number of hydrogen-bond donors (Lipinski definition) is 0. The maximum Gasteiger partial charge on any atom is 0.124 e. The van der Waals surface area contributed by atoms with Gasteiger partial charge in [0.25, 0.3) is 0 Å². The zero-order valence-corrected chi connectivity index (χ0v) is 11.9. The first kappa shape index (κ1) is 11.1. The number of hydrogen-bond acceptors (Lipinski definition) is 4. The van der Waals surface area contributed by atoms with Crippen LogP contribution in [0.3, 0.4) is 0 Å². The summed E-state index contributed by atoms with van der Waals surface area (Å²) < 4.78 is 2.42. The summed E-state index contributed by atoms with van der Waals surface area (Å²) in [6.45, 7) is 2.04. The molecule has 0 aliphatic carbocycles. The topological polar surface area (TPSA) is 25.8 Å². The van der Waals surface area contributed by atoms with E-state index in [2.05, 4.69) is 29.2 Å². The summed E-state index contributed by atoms with van der Waals surface area (Å²) in [5.74, 6) is 0. The number of aryl methyl sites for hydroxylation is 1. The lowest BCUT2D eigenvalue weighted by Crippen LogP contribution is -1.73. The molecule has 0 amide bonds. The van der Waals surface area contributed by atoms with Gasteiger partial charge in [-0.2, -0.15) is 0 Å². The molecule has 92 valence electrons. The van der Waals surface area contributed by atoms with E-state index in [0.29, 0.717) is 0 Å². The second-order valence-corrected chi connectivity index (χ2v) is 6.67. The molecule has 4 heteroatoms. The molecule has 19 heavy (non-hydrogen) atoms. The van der Waals surface area contributed by atoms with Crippen LogP contribution in [-0.4, -0.2) is 9.97 Å². The highest BCUT2D eigenvalue weighted by Crippen LogP contribution is 2.34. The molecule has 0 N–H and O–H groups in total. The molecule has 2 nitrogen and oxygen atoms in total. The van der Waals surface area contributed by atoms with Crippen LogP contribution in [0.15, 0.2) is 42.5 Å². The minimum absolute atomic E-state index is 1.07. The van der Waals surface area contributed by atoms with Gasteiger partial charge in [0.1, 0.15) is 5.01 Å². The van der Waals surface area contributed by atoms with Gasteiger partial charge in [0.2, 0.25) is 0 Å². The summed E-state index contributed by atoms with van der Waals surface area (Å²) in [6, 6.07) is 14.6. The van der Waals surface area contributed by atoms with Crippen LogP contribution < -0.4 is 0 Å². The van der Waals surface area contributed by atoms with Gasteiger partial charge >= 0.3 is 0 Å². The molecule has 0 radical (unpaired) electrons. The number of benzene rings is 2. The average Bonchev–Trinajstić information content (AvgIpc) is 2.98. The van der Waals surface area contributed by atoms with Gasteiger partial charge in [-0.1, -0.05) is 30.3 Å². The fraction of sp³-hybridized carbons (Fsp3) is 0.0667. The molecule has 0 saturated heterocycles. The van der Waals surface area contributed by atoms with Crippen molar-refractivity contribution in [3.05, 3.63) is 47.5 Å². The largest absolute Gasteiger partial charge is 0.241 e. The molecule has 2 heterocycles. The maximum atomic E-state index is 4.74. The van der Waals surface area contributed by atoms with Crippen LogP contribution in [0.1, 0.15) is 5.01 Å². The monoisotopic (exact) mass is 282 g/mol. The molecule has 4 rings (SSSR count). The molecule has 0 spiro atoms. The Labute approximate surface area is 118 Å². The van der Waals surface area contributed by atoms with Crippen molar-refractivity contribution in [1.82, 2.24) is 9.97 Å². The first-order valence-corrected chi connectivity index (χ1v) is 7.66. The Kier molecular flexibility index (Phi) is 2.40. The molecule has 0 fully saturated rings. The smallest absolute Gasteiger partial charge is 0.124 e. The summed E-state index contributed by atoms with van der Waals surface area (Å²) >= 11 is 3.45.